The molecule has 0 aliphatic heterocycles. The lowest BCUT2D eigenvalue weighted by molar-refractivity contribution is -0.386. The molecule has 0 unspecified atom stereocenters. The highest BCUT2D eigenvalue weighted by Crippen LogP contribution is 2.36. The van der Waals surface area contributed by atoms with E-state index in [-0.39, 0.29) is 21.1 Å². The predicted octanol–water partition coefficient (Wildman–Crippen LogP) is 2.64. The van der Waals surface area contributed by atoms with E-state index < -0.39 is 16.4 Å². The highest BCUT2D eigenvalue weighted by Gasteiger charge is 2.25. The van der Waals surface area contributed by atoms with Crippen LogP contribution in [0, 0.1) is 10.1 Å². The third kappa shape index (κ3) is 2.35. The van der Waals surface area contributed by atoms with Crippen molar-refractivity contribution >= 4 is 43.3 Å². The lowest BCUT2D eigenvalue weighted by Crippen LogP contribution is -2.05. The molecule has 7 heteroatoms. The number of aromatic hydroxyl groups is 1. The van der Waals surface area contributed by atoms with Crippen molar-refractivity contribution in [3.63, 3.8) is 0 Å². The van der Waals surface area contributed by atoms with Gasteiger partial charge in [0.2, 0.25) is 0 Å². The molecule has 0 saturated carbocycles. The van der Waals surface area contributed by atoms with Crippen molar-refractivity contribution in [3.05, 3.63) is 32.3 Å². The Morgan fingerprint density at radius 1 is 1.53 bits per heavy atom. The highest BCUT2D eigenvalue weighted by atomic mass is 79.9. The van der Waals surface area contributed by atoms with Crippen LogP contribution in [-0.4, -0.2) is 21.1 Å². The number of phenols is 1. The molecule has 80 valence electrons. The number of carbonyl (C=O) groups excluding carboxylic acids is 1. The molecule has 0 amide bonds. The summed E-state index contributed by atoms with van der Waals surface area (Å²) >= 11 is 5.80. The largest absolute Gasteiger partial charge is 0.507 e. The second-order valence-corrected chi connectivity index (χ2v) is 3.96. The van der Waals surface area contributed by atoms with Gasteiger partial charge in [-0.3, -0.25) is 14.9 Å². The summed E-state index contributed by atoms with van der Waals surface area (Å²) in [4.78, 5) is 21.4. The molecule has 1 rings (SSSR count). The minimum atomic E-state index is -0.709. The second kappa shape index (κ2) is 4.71. The zero-order valence-corrected chi connectivity index (χ0v) is 10.4. The fourth-order valence-corrected chi connectivity index (χ4v) is 1.82. The molecule has 0 bridgehead atoms. The topological polar surface area (TPSA) is 80.4 Å². The Labute approximate surface area is 102 Å². The number of hydrogen-bond acceptors (Lipinski definition) is 4. The molecule has 0 radical (unpaired) electrons. The average Bonchev–Trinajstić information content (AvgIpc) is 2.20. The van der Waals surface area contributed by atoms with Gasteiger partial charge in [-0.2, -0.15) is 0 Å². The van der Waals surface area contributed by atoms with Crippen LogP contribution >= 0.6 is 31.9 Å². The molecular formula is C8H5Br2NO4. The van der Waals surface area contributed by atoms with Crippen molar-refractivity contribution in [2.75, 3.05) is 5.33 Å². The summed E-state index contributed by atoms with van der Waals surface area (Å²) in [6.45, 7) is 0. The SMILES string of the molecule is O=C(CBr)c1ccc(O)c(Br)c1[N+](=O)[O-]. The summed E-state index contributed by atoms with van der Waals surface area (Å²) in [6.07, 6.45) is 0. The smallest absolute Gasteiger partial charge is 0.298 e. The van der Waals surface area contributed by atoms with E-state index in [4.69, 9.17) is 0 Å². The Hall–Kier alpha value is -0.950. The molecule has 0 saturated heterocycles. The van der Waals surface area contributed by atoms with Crippen molar-refractivity contribution in [2.45, 2.75) is 0 Å². The Bertz CT molecular complexity index is 433. The van der Waals surface area contributed by atoms with Gasteiger partial charge < -0.3 is 5.11 Å². The van der Waals surface area contributed by atoms with Crippen molar-refractivity contribution in [3.8, 4) is 5.75 Å². The van der Waals surface area contributed by atoms with Crippen molar-refractivity contribution in [1.82, 2.24) is 0 Å². The van der Waals surface area contributed by atoms with E-state index in [9.17, 15) is 20.0 Å². The maximum Gasteiger partial charge on any atom is 0.298 e. The van der Waals surface area contributed by atoms with Crippen LogP contribution < -0.4 is 0 Å². The molecule has 0 aromatic heterocycles. The Balaban J connectivity index is 3.46. The van der Waals surface area contributed by atoms with Gasteiger partial charge in [-0.15, -0.1) is 0 Å². The van der Waals surface area contributed by atoms with E-state index in [1.54, 1.807) is 0 Å². The standard InChI is InChI=1S/C8H5Br2NO4/c9-3-6(13)4-1-2-5(12)7(10)8(4)11(14)15/h1-2,12H,3H2. The van der Waals surface area contributed by atoms with Crippen molar-refractivity contribution in [1.29, 1.82) is 0 Å². The van der Waals surface area contributed by atoms with Crippen molar-refractivity contribution in [2.24, 2.45) is 0 Å². The number of hydrogen-bond donors (Lipinski definition) is 1. The number of ketones is 1. The van der Waals surface area contributed by atoms with Gasteiger partial charge >= 0.3 is 0 Å². The fraction of sp³-hybridized carbons (Fsp3) is 0.125. The first-order valence-electron chi connectivity index (χ1n) is 3.74. The van der Waals surface area contributed by atoms with E-state index in [0.717, 1.165) is 0 Å². The number of benzene rings is 1. The van der Waals surface area contributed by atoms with E-state index in [1.807, 2.05) is 0 Å². The first-order chi connectivity index (χ1) is 6.99. The van der Waals surface area contributed by atoms with E-state index in [1.165, 1.54) is 12.1 Å². The number of halogens is 2. The van der Waals surface area contributed by atoms with Gasteiger partial charge in [-0.1, -0.05) is 15.9 Å². The zero-order chi connectivity index (χ0) is 11.6. The number of alkyl halides is 1. The van der Waals surface area contributed by atoms with Gasteiger partial charge in [-0.25, -0.2) is 0 Å². The van der Waals surface area contributed by atoms with E-state index in [2.05, 4.69) is 31.9 Å². The highest BCUT2D eigenvalue weighted by molar-refractivity contribution is 9.10. The molecule has 0 heterocycles. The lowest BCUT2D eigenvalue weighted by atomic mass is 10.1. The Morgan fingerprint density at radius 2 is 2.13 bits per heavy atom. The molecule has 1 N–H and O–H groups in total. The van der Waals surface area contributed by atoms with Gasteiger partial charge in [-0.05, 0) is 28.1 Å². The molecular weight excluding hydrogens is 334 g/mol. The minimum Gasteiger partial charge on any atom is -0.507 e. The second-order valence-electron chi connectivity index (χ2n) is 2.61. The fourth-order valence-electron chi connectivity index (χ4n) is 1.03. The number of nitro benzene ring substituents is 1. The van der Waals surface area contributed by atoms with E-state index >= 15 is 0 Å². The van der Waals surface area contributed by atoms with Crippen LogP contribution in [0.5, 0.6) is 5.75 Å². The third-order valence-electron chi connectivity index (χ3n) is 1.70. The zero-order valence-electron chi connectivity index (χ0n) is 7.24. The molecule has 0 aliphatic carbocycles. The monoisotopic (exact) mass is 337 g/mol. The number of Topliss-reactive ketones (excluding diaryl/α,β-unsaturated/α-hetero) is 1. The minimum absolute atomic E-state index is 0.00887. The van der Waals surface area contributed by atoms with Crippen LogP contribution in [0.4, 0.5) is 5.69 Å². The summed E-state index contributed by atoms with van der Waals surface area (Å²) in [5, 5.41) is 20.0. The van der Waals surface area contributed by atoms with Gasteiger partial charge in [0.25, 0.3) is 5.69 Å². The molecule has 0 spiro atoms. The van der Waals surface area contributed by atoms with Crippen LogP contribution in [0.2, 0.25) is 0 Å². The molecule has 15 heavy (non-hydrogen) atoms. The summed E-state index contributed by atoms with van der Waals surface area (Å²) in [7, 11) is 0. The first-order valence-corrected chi connectivity index (χ1v) is 5.65. The average molecular weight is 339 g/mol. The molecule has 1 aromatic carbocycles. The molecule has 5 nitrogen and oxygen atoms in total. The maximum atomic E-state index is 11.3. The summed E-state index contributed by atoms with van der Waals surface area (Å²) in [6, 6.07) is 2.45. The van der Waals surface area contributed by atoms with Gasteiger partial charge in [0.05, 0.1) is 15.8 Å². The molecule has 0 atom stereocenters. The van der Waals surface area contributed by atoms with Crippen LogP contribution in [0.3, 0.4) is 0 Å². The summed E-state index contributed by atoms with van der Waals surface area (Å²) in [5.74, 6) is -0.685. The lowest BCUT2D eigenvalue weighted by Gasteiger charge is -2.03. The van der Waals surface area contributed by atoms with Crippen LogP contribution in [0.15, 0.2) is 16.6 Å². The molecule has 0 aliphatic rings. The summed E-state index contributed by atoms with van der Waals surface area (Å²) in [5.41, 5.74) is -0.457. The van der Waals surface area contributed by atoms with Gasteiger partial charge in [0.15, 0.2) is 5.78 Å². The van der Waals surface area contributed by atoms with Gasteiger partial charge in [0.1, 0.15) is 10.2 Å². The Morgan fingerprint density at radius 3 is 2.60 bits per heavy atom. The van der Waals surface area contributed by atoms with E-state index in [0.29, 0.717) is 0 Å². The van der Waals surface area contributed by atoms with Crippen molar-refractivity contribution < 1.29 is 14.8 Å². The number of nitro groups is 1. The maximum absolute atomic E-state index is 11.3. The van der Waals surface area contributed by atoms with Crippen LogP contribution in [-0.2, 0) is 0 Å². The van der Waals surface area contributed by atoms with Crippen LogP contribution in [0.25, 0.3) is 0 Å². The first kappa shape index (κ1) is 12.1. The number of phenolic OH excluding ortho intramolecular Hbond substituents is 1. The number of rotatable bonds is 3. The quantitative estimate of drug-likeness (QED) is 0.397. The number of nitrogens with zero attached hydrogens (tertiary/aromatic N) is 1. The normalized spacial score (nSPS) is 10.0. The summed E-state index contributed by atoms with van der Waals surface area (Å²) < 4.78 is -0.0840. The molecule has 0 fully saturated rings. The predicted molar refractivity (Wildman–Crippen MR) is 60.6 cm³/mol. The number of carbonyl (C=O) groups is 1. The van der Waals surface area contributed by atoms with Gasteiger partial charge in [0, 0.05) is 0 Å². The molecule has 1 aromatic rings. The third-order valence-corrected chi connectivity index (χ3v) is 2.99. The van der Waals surface area contributed by atoms with Crippen LogP contribution in [0.1, 0.15) is 10.4 Å². The Kier molecular flexibility index (Phi) is 3.81.